The van der Waals surface area contributed by atoms with Crippen molar-refractivity contribution in [3.63, 3.8) is 0 Å². The summed E-state index contributed by atoms with van der Waals surface area (Å²) in [5, 5.41) is 0. The van der Waals surface area contributed by atoms with Crippen LogP contribution in [-0.4, -0.2) is 36.3 Å². The van der Waals surface area contributed by atoms with Crippen LogP contribution in [0.1, 0.15) is 25.7 Å². The predicted octanol–water partition coefficient (Wildman–Crippen LogP) is 3.03. The van der Waals surface area contributed by atoms with Crippen LogP contribution in [0.3, 0.4) is 0 Å². The van der Waals surface area contributed by atoms with Crippen LogP contribution in [0.4, 0.5) is 5.82 Å². The van der Waals surface area contributed by atoms with E-state index in [0.717, 1.165) is 42.8 Å². The van der Waals surface area contributed by atoms with Crippen LogP contribution < -0.4 is 4.90 Å². The average molecular weight is 271 g/mol. The van der Waals surface area contributed by atoms with Gasteiger partial charge >= 0.3 is 0 Å². The monoisotopic (exact) mass is 271 g/mol. The Kier molecular flexibility index (Phi) is 4.11. The minimum Gasteiger partial charge on any atom is -0.378 e. The molecule has 1 unspecified atom stereocenters. The largest absolute Gasteiger partial charge is 0.378 e. The second-order valence-electron chi connectivity index (χ2n) is 5.42. The van der Waals surface area contributed by atoms with Gasteiger partial charge in [-0.3, -0.25) is 4.98 Å². The molecule has 1 aromatic heterocycles. The maximum atomic E-state index is 5.65. The number of ether oxygens (including phenoxy) is 1. The molecule has 1 atom stereocenters. The number of aromatic nitrogens is 2. The molecule has 1 fully saturated rings. The Morgan fingerprint density at radius 3 is 2.95 bits per heavy atom. The second-order valence-corrected chi connectivity index (χ2v) is 5.42. The fourth-order valence-corrected chi connectivity index (χ4v) is 2.67. The zero-order chi connectivity index (χ0) is 13.8. The van der Waals surface area contributed by atoms with Gasteiger partial charge in [0.2, 0.25) is 0 Å². The first-order valence-corrected chi connectivity index (χ1v) is 7.37. The topological polar surface area (TPSA) is 38.2 Å². The summed E-state index contributed by atoms with van der Waals surface area (Å²) in [5.74, 6) is 0.941. The van der Waals surface area contributed by atoms with Gasteiger partial charge in [0.05, 0.1) is 23.3 Å². The van der Waals surface area contributed by atoms with Crippen molar-refractivity contribution in [1.29, 1.82) is 0 Å². The van der Waals surface area contributed by atoms with E-state index in [-0.39, 0.29) is 0 Å². The summed E-state index contributed by atoms with van der Waals surface area (Å²) >= 11 is 0. The van der Waals surface area contributed by atoms with E-state index in [4.69, 9.17) is 4.74 Å². The van der Waals surface area contributed by atoms with Crippen LogP contribution >= 0.6 is 0 Å². The maximum absolute atomic E-state index is 5.65. The first kappa shape index (κ1) is 13.3. The van der Waals surface area contributed by atoms with E-state index in [1.807, 2.05) is 30.5 Å². The van der Waals surface area contributed by atoms with E-state index in [1.54, 1.807) is 0 Å². The second kappa shape index (κ2) is 6.18. The minimum atomic E-state index is 0.478. The first-order chi connectivity index (χ1) is 9.83. The molecule has 0 aliphatic carbocycles. The Morgan fingerprint density at radius 1 is 1.30 bits per heavy atom. The summed E-state index contributed by atoms with van der Waals surface area (Å²) in [6.07, 6.45) is 7.05. The molecule has 1 aliphatic heterocycles. The highest BCUT2D eigenvalue weighted by Gasteiger charge is 2.15. The molecular formula is C16H21N3O. The van der Waals surface area contributed by atoms with Crippen LogP contribution in [0.5, 0.6) is 0 Å². The lowest BCUT2D eigenvalue weighted by Gasteiger charge is -2.19. The molecule has 2 heterocycles. The van der Waals surface area contributed by atoms with Gasteiger partial charge in [-0.1, -0.05) is 12.1 Å². The quantitative estimate of drug-likeness (QED) is 0.838. The van der Waals surface area contributed by atoms with Gasteiger partial charge in [-0.15, -0.1) is 0 Å². The Bertz CT molecular complexity index is 566. The van der Waals surface area contributed by atoms with Crippen LogP contribution in [0, 0.1) is 0 Å². The Hall–Kier alpha value is -1.68. The fraction of sp³-hybridized carbons (Fsp3) is 0.500. The van der Waals surface area contributed by atoms with Gasteiger partial charge in [0.15, 0.2) is 0 Å². The van der Waals surface area contributed by atoms with Crippen molar-refractivity contribution in [3.8, 4) is 0 Å². The number of hydrogen-bond donors (Lipinski definition) is 0. The Labute approximate surface area is 119 Å². The number of rotatable bonds is 5. The number of nitrogens with zero attached hydrogens (tertiary/aromatic N) is 3. The molecule has 1 aliphatic rings. The van der Waals surface area contributed by atoms with Crippen LogP contribution in [0.25, 0.3) is 11.0 Å². The zero-order valence-corrected chi connectivity index (χ0v) is 12.0. The van der Waals surface area contributed by atoms with Crippen molar-refractivity contribution >= 4 is 16.9 Å². The van der Waals surface area contributed by atoms with Gasteiger partial charge in [-0.2, -0.15) is 0 Å². The lowest BCUT2D eigenvalue weighted by Crippen LogP contribution is -2.21. The summed E-state index contributed by atoms with van der Waals surface area (Å²) in [7, 11) is 2.08. The molecule has 2 aromatic rings. The number of anilines is 1. The van der Waals surface area contributed by atoms with Crippen molar-refractivity contribution in [2.45, 2.75) is 31.8 Å². The lowest BCUT2D eigenvalue weighted by molar-refractivity contribution is 0.103. The molecule has 0 saturated carbocycles. The normalized spacial score (nSPS) is 18.6. The minimum absolute atomic E-state index is 0.478. The third-order valence-electron chi connectivity index (χ3n) is 3.87. The predicted molar refractivity (Wildman–Crippen MR) is 81.0 cm³/mol. The van der Waals surface area contributed by atoms with E-state index < -0.39 is 0 Å². The van der Waals surface area contributed by atoms with Gasteiger partial charge < -0.3 is 9.64 Å². The number of para-hydroxylation sites is 2. The summed E-state index contributed by atoms with van der Waals surface area (Å²) in [6, 6.07) is 7.98. The van der Waals surface area contributed by atoms with Crippen molar-refractivity contribution in [1.82, 2.24) is 9.97 Å². The van der Waals surface area contributed by atoms with E-state index in [2.05, 4.69) is 21.9 Å². The smallest absolute Gasteiger partial charge is 0.147 e. The van der Waals surface area contributed by atoms with E-state index in [1.165, 1.54) is 12.8 Å². The third-order valence-corrected chi connectivity index (χ3v) is 3.87. The molecule has 0 spiro atoms. The highest BCUT2D eigenvalue weighted by atomic mass is 16.5. The summed E-state index contributed by atoms with van der Waals surface area (Å²) in [5.41, 5.74) is 1.90. The van der Waals surface area contributed by atoms with Crippen molar-refractivity contribution in [3.05, 3.63) is 30.5 Å². The molecule has 1 saturated heterocycles. The maximum Gasteiger partial charge on any atom is 0.147 e. The van der Waals surface area contributed by atoms with Crippen molar-refractivity contribution < 1.29 is 4.74 Å². The molecule has 0 N–H and O–H groups in total. The van der Waals surface area contributed by atoms with Gasteiger partial charge in [0, 0.05) is 20.2 Å². The number of hydrogen-bond acceptors (Lipinski definition) is 4. The molecule has 0 amide bonds. The highest BCUT2D eigenvalue weighted by Crippen LogP contribution is 2.18. The Morgan fingerprint density at radius 2 is 2.15 bits per heavy atom. The highest BCUT2D eigenvalue weighted by molar-refractivity contribution is 5.75. The molecular weight excluding hydrogens is 250 g/mol. The van der Waals surface area contributed by atoms with Crippen LogP contribution in [-0.2, 0) is 4.74 Å². The number of benzene rings is 1. The van der Waals surface area contributed by atoms with Crippen molar-refractivity contribution in [2.24, 2.45) is 0 Å². The summed E-state index contributed by atoms with van der Waals surface area (Å²) in [6.45, 7) is 1.93. The summed E-state index contributed by atoms with van der Waals surface area (Å²) in [4.78, 5) is 11.3. The average Bonchev–Trinajstić information content (AvgIpc) is 3.00. The van der Waals surface area contributed by atoms with Gasteiger partial charge in [-0.05, 0) is 37.8 Å². The SMILES string of the molecule is CN(CCCC1CCCO1)c1cnc2ccccc2n1. The van der Waals surface area contributed by atoms with E-state index in [0.29, 0.717) is 6.10 Å². The molecule has 0 radical (unpaired) electrons. The van der Waals surface area contributed by atoms with E-state index >= 15 is 0 Å². The zero-order valence-electron chi connectivity index (χ0n) is 12.0. The van der Waals surface area contributed by atoms with Gasteiger partial charge in [-0.25, -0.2) is 4.98 Å². The molecule has 20 heavy (non-hydrogen) atoms. The molecule has 4 heteroatoms. The molecule has 3 rings (SSSR count). The van der Waals surface area contributed by atoms with Gasteiger partial charge in [0.1, 0.15) is 5.82 Å². The fourth-order valence-electron chi connectivity index (χ4n) is 2.67. The van der Waals surface area contributed by atoms with Crippen LogP contribution in [0.2, 0.25) is 0 Å². The van der Waals surface area contributed by atoms with Crippen LogP contribution in [0.15, 0.2) is 30.5 Å². The van der Waals surface area contributed by atoms with Gasteiger partial charge in [0.25, 0.3) is 0 Å². The third kappa shape index (κ3) is 3.07. The summed E-state index contributed by atoms with van der Waals surface area (Å²) < 4.78 is 5.65. The molecule has 4 nitrogen and oxygen atoms in total. The number of fused-ring (bicyclic) bond motifs is 1. The van der Waals surface area contributed by atoms with Crippen molar-refractivity contribution in [2.75, 3.05) is 25.1 Å². The standard InChI is InChI=1S/C16H21N3O/c1-19(10-4-6-13-7-5-11-20-13)16-12-17-14-8-2-3-9-15(14)18-16/h2-3,8-9,12-13H,4-7,10-11H2,1H3. The molecule has 0 bridgehead atoms. The van der Waals surface area contributed by atoms with E-state index in [9.17, 15) is 0 Å². The lowest BCUT2D eigenvalue weighted by atomic mass is 10.1. The molecule has 1 aromatic carbocycles. The molecule has 106 valence electrons. The Balaban J connectivity index is 1.58. The first-order valence-electron chi connectivity index (χ1n) is 7.37.